The number of anilines is 1. The first-order chi connectivity index (χ1) is 7.59. The highest BCUT2D eigenvalue weighted by molar-refractivity contribution is 5.64. The van der Waals surface area contributed by atoms with Crippen LogP contribution in [0.25, 0.3) is 11.3 Å². The van der Waals surface area contributed by atoms with Gasteiger partial charge in [0.25, 0.3) is 0 Å². The summed E-state index contributed by atoms with van der Waals surface area (Å²) in [6.07, 6.45) is 1.49. The van der Waals surface area contributed by atoms with E-state index in [1.54, 1.807) is 12.1 Å². The maximum atomic E-state index is 13.8. The predicted molar refractivity (Wildman–Crippen MR) is 58.7 cm³/mol. The number of hydrogen-bond donors (Lipinski definition) is 1. The highest BCUT2D eigenvalue weighted by Crippen LogP contribution is 2.25. The van der Waals surface area contributed by atoms with Gasteiger partial charge in [-0.2, -0.15) is 0 Å². The van der Waals surface area contributed by atoms with Gasteiger partial charge in [0.1, 0.15) is 11.6 Å². The van der Waals surface area contributed by atoms with Gasteiger partial charge in [-0.25, -0.2) is 8.78 Å². The molecule has 0 aliphatic carbocycles. The van der Waals surface area contributed by atoms with Crippen molar-refractivity contribution in [2.75, 3.05) is 5.73 Å². The molecule has 0 saturated heterocycles. The first kappa shape index (κ1) is 10.5. The number of rotatable bonds is 1. The fourth-order valence-electron chi connectivity index (χ4n) is 1.45. The number of nitrogens with two attached hydrogens (primary N) is 1. The molecular weight excluding hydrogens is 210 g/mol. The van der Waals surface area contributed by atoms with Gasteiger partial charge in [-0.3, -0.25) is 4.98 Å². The molecule has 0 fully saturated rings. The molecule has 2 rings (SSSR count). The van der Waals surface area contributed by atoms with Crippen molar-refractivity contribution >= 4 is 5.69 Å². The number of hydrogen-bond acceptors (Lipinski definition) is 2. The Bertz CT molecular complexity index is 539. The molecule has 0 atom stereocenters. The largest absolute Gasteiger partial charge is 0.399 e. The average Bonchev–Trinajstić information content (AvgIpc) is 2.26. The van der Waals surface area contributed by atoms with Crippen LogP contribution in [0.1, 0.15) is 5.56 Å². The smallest absolute Gasteiger partial charge is 0.138 e. The predicted octanol–water partition coefficient (Wildman–Crippen LogP) is 2.92. The second kappa shape index (κ2) is 3.89. The van der Waals surface area contributed by atoms with E-state index in [1.807, 2.05) is 0 Å². The number of nitrogen functional groups attached to an aromatic ring is 1. The minimum Gasteiger partial charge on any atom is -0.399 e. The van der Waals surface area contributed by atoms with Gasteiger partial charge in [0.05, 0.1) is 5.69 Å². The second-order valence-corrected chi connectivity index (χ2v) is 3.51. The summed E-state index contributed by atoms with van der Waals surface area (Å²) in [6, 6.07) is 5.74. The Morgan fingerprint density at radius 3 is 2.62 bits per heavy atom. The van der Waals surface area contributed by atoms with Crippen molar-refractivity contribution in [3.05, 3.63) is 47.7 Å². The zero-order chi connectivity index (χ0) is 11.7. The lowest BCUT2D eigenvalue weighted by atomic mass is 10.1. The van der Waals surface area contributed by atoms with Gasteiger partial charge >= 0.3 is 0 Å². The SMILES string of the molecule is Cc1c(F)ccc(-c2cc(N)ccn2)c1F. The third-order valence-corrected chi connectivity index (χ3v) is 2.38. The van der Waals surface area contributed by atoms with Gasteiger partial charge in [0.2, 0.25) is 0 Å². The molecule has 0 aliphatic rings. The van der Waals surface area contributed by atoms with Crippen LogP contribution in [0.2, 0.25) is 0 Å². The highest BCUT2D eigenvalue weighted by Gasteiger charge is 2.12. The summed E-state index contributed by atoms with van der Waals surface area (Å²) < 4.78 is 26.8. The van der Waals surface area contributed by atoms with Gasteiger partial charge in [0.15, 0.2) is 0 Å². The second-order valence-electron chi connectivity index (χ2n) is 3.51. The Kier molecular flexibility index (Phi) is 2.56. The van der Waals surface area contributed by atoms with E-state index in [0.29, 0.717) is 11.4 Å². The highest BCUT2D eigenvalue weighted by atomic mass is 19.1. The maximum Gasteiger partial charge on any atom is 0.138 e. The normalized spacial score (nSPS) is 10.4. The van der Waals surface area contributed by atoms with E-state index < -0.39 is 11.6 Å². The van der Waals surface area contributed by atoms with Crippen molar-refractivity contribution in [1.29, 1.82) is 0 Å². The van der Waals surface area contributed by atoms with Gasteiger partial charge in [-0.05, 0) is 31.2 Å². The molecule has 82 valence electrons. The summed E-state index contributed by atoms with van der Waals surface area (Å²) >= 11 is 0. The van der Waals surface area contributed by atoms with E-state index in [1.165, 1.54) is 25.3 Å². The maximum absolute atomic E-state index is 13.8. The van der Waals surface area contributed by atoms with Crippen molar-refractivity contribution in [2.45, 2.75) is 6.92 Å². The molecule has 2 nitrogen and oxygen atoms in total. The summed E-state index contributed by atoms with van der Waals surface area (Å²) in [7, 11) is 0. The van der Waals surface area contributed by atoms with Crippen molar-refractivity contribution in [3.8, 4) is 11.3 Å². The van der Waals surface area contributed by atoms with Crippen LogP contribution in [0.4, 0.5) is 14.5 Å². The molecule has 0 unspecified atom stereocenters. The molecule has 1 aromatic heterocycles. The third kappa shape index (κ3) is 1.74. The van der Waals surface area contributed by atoms with Crippen molar-refractivity contribution in [2.24, 2.45) is 0 Å². The Labute approximate surface area is 91.7 Å². The fourth-order valence-corrected chi connectivity index (χ4v) is 1.45. The Balaban J connectivity index is 2.61. The Morgan fingerprint density at radius 1 is 1.19 bits per heavy atom. The number of pyridine rings is 1. The van der Waals surface area contributed by atoms with Gasteiger partial charge in [0, 0.05) is 23.0 Å². The molecule has 1 heterocycles. The first-order valence-electron chi connectivity index (χ1n) is 4.76. The van der Waals surface area contributed by atoms with Crippen LogP contribution in [0.5, 0.6) is 0 Å². The molecule has 2 aromatic rings. The van der Waals surface area contributed by atoms with Gasteiger partial charge in [-0.1, -0.05) is 0 Å². The van der Waals surface area contributed by atoms with Crippen molar-refractivity contribution in [1.82, 2.24) is 4.98 Å². The fraction of sp³-hybridized carbons (Fsp3) is 0.0833. The van der Waals surface area contributed by atoms with Crippen LogP contribution in [-0.2, 0) is 0 Å². The van der Waals surface area contributed by atoms with E-state index in [2.05, 4.69) is 4.98 Å². The quantitative estimate of drug-likeness (QED) is 0.802. The summed E-state index contributed by atoms with van der Waals surface area (Å²) in [4.78, 5) is 4.00. The van der Waals surface area contributed by atoms with Crippen molar-refractivity contribution < 1.29 is 8.78 Å². The molecular formula is C12H10F2N2. The van der Waals surface area contributed by atoms with E-state index in [9.17, 15) is 8.78 Å². The van der Waals surface area contributed by atoms with Crippen molar-refractivity contribution in [3.63, 3.8) is 0 Å². The first-order valence-corrected chi connectivity index (χ1v) is 4.76. The van der Waals surface area contributed by atoms with Crippen LogP contribution in [0, 0.1) is 18.6 Å². The lowest BCUT2D eigenvalue weighted by molar-refractivity contribution is 0.570. The number of benzene rings is 1. The summed E-state index contributed by atoms with van der Waals surface area (Å²) in [5.41, 5.74) is 6.72. The minimum atomic E-state index is -0.599. The standard InChI is InChI=1S/C12H10F2N2/c1-7-10(13)3-2-9(12(7)14)11-6-8(15)4-5-16-11/h2-6H,1H3,(H2,15,16). The molecule has 0 amide bonds. The van der Waals surface area contributed by atoms with E-state index >= 15 is 0 Å². The average molecular weight is 220 g/mol. The number of nitrogens with zero attached hydrogens (tertiary/aromatic N) is 1. The van der Waals surface area contributed by atoms with Gasteiger partial charge < -0.3 is 5.73 Å². The lowest BCUT2D eigenvalue weighted by Crippen LogP contribution is -1.95. The topological polar surface area (TPSA) is 38.9 Å². The van der Waals surface area contributed by atoms with Crippen LogP contribution >= 0.6 is 0 Å². The molecule has 0 bridgehead atoms. The molecule has 0 spiro atoms. The van der Waals surface area contributed by atoms with E-state index in [-0.39, 0.29) is 11.1 Å². The molecule has 0 radical (unpaired) electrons. The van der Waals surface area contributed by atoms with Crippen LogP contribution in [-0.4, -0.2) is 4.98 Å². The monoisotopic (exact) mass is 220 g/mol. The lowest BCUT2D eigenvalue weighted by Gasteiger charge is -2.06. The zero-order valence-electron chi connectivity index (χ0n) is 8.67. The van der Waals surface area contributed by atoms with Crippen LogP contribution < -0.4 is 5.73 Å². The molecule has 1 aromatic carbocycles. The number of halogens is 2. The minimum absolute atomic E-state index is 0.0123. The van der Waals surface area contributed by atoms with Crippen LogP contribution in [0.3, 0.4) is 0 Å². The summed E-state index contributed by atoms with van der Waals surface area (Å²) in [6.45, 7) is 1.39. The third-order valence-electron chi connectivity index (χ3n) is 2.38. The number of aromatic nitrogens is 1. The molecule has 4 heteroatoms. The van der Waals surface area contributed by atoms with E-state index in [0.717, 1.165) is 0 Å². The molecule has 2 N–H and O–H groups in total. The molecule has 16 heavy (non-hydrogen) atoms. The molecule has 0 aliphatic heterocycles. The molecule has 0 saturated carbocycles. The zero-order valence-corrected chi connectivity index (χ0v) is 8.67. The summed E-state index contributed by atoms with van der Waals surface area (Å²) in [5, 5.41) is 0. The summed E-state index contributed by atoms with van der Waals surface area (Å²) in [5.74, 6) is -1.16. The Hall–Kier alpha value is -1.97. The van der Waals surface area contributed by atoms with E-state index in [4.69, 9.17) is 5.73 Å². The van der Waals surface area contributed by atoms with Crippen LogP contribution in [0.15, 0.2) is 30.5 Å². The van der Waals surface area contributed by atoms with Gasteiger partial charge in [-0.15, -0.1) is 0 Å². The Morgan fingerprint density at radius 2 is 1.94 bits per heavy atom.